The number of phenols is 1. The fraction of sp³-hybridized carbons (Fsp3) is 0.154. The summed E-state index contributed by atoms with van der Waals surface area (Å²) in [6.45, 7) is 4.15. The third-order valence-corrected chi connectivity index (χ3v) is 7.14. The van der Waals surface area contributed by atoms with Crippen LogP contribution in [-0.2, 0) is 17.6 Å². The smallest absolute Gasteiger partial charge is 0.271 e. The molecule has 1 saturated heterocycles. The molecular formula is C26H22BrClN2O2S. The van der Waals surface area contributed by atoms with Crippen LogP contribution in [0.1, 0.15) is 30.5 Å². The van der Waals surface area contributed by atoms with Gasteiger partial charge in [0.1, 0.15) is 5.75 Å². The van der Waals surface area contributed by atoms with Gasteiger partial charge in [-0.2, -0.15) is 0 Å². The maximum atomic E-state index is 13.6. The second-order valence-electron chi connectivity index (χ2n) is 7.44. The van der Waals surface area contributed by atoms with E-state index >= 15 is 0 Å². The molecule has 0 atom stereocenters. The zero-order valence-electron chi connectivity index (χ0n) is 18.2. The number of hydrogen-bond donors (Lipinski definition) is 1. The largest absolute Gasteiger partial charge is 0.506 e. The molecule has 0 aliphatic carbocycles. The number of aliphatic imine (C=N–C) groups is 1. The van der Waals surface area contributed by atoms with Crippen molar-refractivity contribution in [2.75, 3.05) is 4.90 Å². The van der Waals surface area contributed by atoms with Crippen molar-refractivity contribution >= 4 is 67.8 Å². The second kappa shape index (κ2) is 10.2. The minimum Gasteiger partial charge on any atom is -0.506 e. The Hall–Kier alpha value is -2.54. The molecule has 1 N–H and O–H groups in total. The topological polar surface area (TPSA) is 52.9 Å². The molecule has 0 spiro atoms. The molecule has 0 unspecified atom stereocenters. The van der Waals surface area contributed by atoms with E-state index in [1.54, 1.807) is 23.1 Å². The highest BCUT2D eigenvalue weighted by Gasteiger charge is 2.36. The van der Waals surface area contributed by atoms with Gasteiger partial charge in [-0.15, -0.1) is 0 Å². The van der Waals surface area contributed by atoms with E-state index in [-0.39, 0.29) is 11.7 Å². The van der Waals surface area contributed by atoms with Gasteiger partial charge in [0.25, 0.3) is 5.91 Å². The Kier molecular flexibility index (Phi) is 7.27. The first kappa shape index (κ1) is 23.6. The Bertz CT molecular complexity index is 1290. The fourth-order valence-electron chi connectivity index (χ4n) is 3.65. The molecule has 0 saturated carbocycles. The molecule has 168 valence electrons. The third kappa shape index (κ3) is 4.88. The Morgan fingerprint density at radius 2 is 1.73 bits per heavy atom. The number of para-hydroxylation sites is 2. The van der Waals surface area contributed by atoms with E-state index in [1.807, 2.05) is 48.5 Å². The van der Waals surface area contributed by atoms with Crippen molar-refractivity contribution in [3.05, 3.63) is 91.8 Å². The molecule has 1 aliphatic heterocycles. The van der Waals surface area contributed by atoms with E-state index in [0.717, 1.165) is 35.3 Å². The van der Waals surface area contributed by atoms with Gasteiger partial charge in [-0.1, -0.05) is 61.8 Å². The van der Waals surface area contributed by atoms with E-state index in [0.29, 0.717) is 25.1 Å². The van der Waals surface area contributed by atoms with Gasteiger partial charge in [0, 0.05) is 10.6 Å². The number of amidine groups is 1. The lowest BCUT2D eigenvalue weighted by molar-refractivity contribution is -0.113. The number of carbonyl (C=O) groups excluding carboxylic acids is 1. The molecule has 3 aromatic carbocycles. The van der Waals surface area contributed by atoms with Gasteiger partial charge < -0.3 is 5.11 Å². The first-order chi connectivity index (χ1) is 15.9. The van der Waals surface area contributed by atoms with Gasteiger partial charge >= 0.3 is 0 Å². The molecule has 7 heteroatoms. The minimum absolute atomic E-state index is 0.0301. The molecule has 1 heterocycles. The summed E-state index contributed by atoms with van der Waals surface area (Å²) in [5.41, 5.74) is 4.27. The second-order valence-corrected chi connectivity index (χ2v) is 9.74. The van der Waals surface area contributed by atoms with E-state index in [2.05, 4.69) is 29.8 Å². The fourth-order valence-corrected chi connectivity index (χ4v) is 5.46. The first-order valence-corrected chi connectivity index (χ1v) is 12.6. The van der Waals surface area contributed by atoms with Crippen LogP contribution in [-0.4, -0.2) is 16.2 Å². The van der Waals surface area contributed by atoms with Crippen LogP contribution in [0.5, 0.6) is 5.75 Å². The number of benzene rings is 3. The standard InChI is InChI=1S/C26H22BrClN2O2S/c1-3-16-9-5-7-11-21(16)29-26-30(22-12-8-6-10-17(22)4-2)25(32)23(33-26)14-18-13-19(28)15-20(27)24(18)31/h5-15,31H,3-4H2,1-2H3/b23-14-,29-26?. The van der Waals surface area contributed by atoms with Crippen molar-refractivity contribution in [1.29, 1.82) is 0 Å². The van der Waals surface area contributed by atoms with Crippen LogP contribution >= 0.6 is 39.3 Å². The predicted molar refractivity (Wildman–Crippen MR) is 143 cm³/mol. The minimum atomic E-state index is -0.191. The monoisotopic (exact) mass is 540 g/mol. The number of carbonyl (C=O) groups is 1. The number of thioether (sulfide) groups is 1. The van der Waals surface area contributed by atoms with Crippen molar-refractivity contribution < 1.29 is 9.90 Å². The van der Waals surface area contributed by atoms with Gasteiger partial charge in [-0.25, -0.2) is 4.99 Å². The van der Waals surface area contributed by atoms with Crippen LogP contribution in [0.4, 0.5) is 11.4 Å². The molecule has 0 radical (unpaired) electrons. The Labute approximate surface area is 211 Å². The number of rotatable bonds is 5. The summed E-state index contributed by atoms with van der Waals surface area (Å²) in [5.74, 6) is -0.161. The molecule has 1 fully saturated rings. The number of anilines is 1. The first-order valence-electron chi connectivity index (χ1n) is 10.6. The molecule has 1 aliphatic rings. The molecule has 4 rings (SSSR count). The normalized spacial score (nSPS) is 16.2. The summed E-state index contributed by atoms with van der Waals surface area (Å²) in [4.78, 5) is 20.7. The van der Waals surface area contributed by atoms with Gasteiger partial charge in [0.15, 0.2) is 5.17 Å². The highest BCUT2D eigenvalue weighted by molar-refractivity contribution is 9.10. The Morgan fingerprint density at radius 1 is 1.06 bits per heavy atom. The predicted octanol–water partition coefficient (Wildman–Crippen LogP) is 7.74. The molecular weight excluding hydrogens is 520 g/mol. The van der Waals surface area contributed by atoms with Gasteiger partial charge in [-0.05, 0) is 82.0 Å². The Morgan fingerprint density at radius 3 is 2.45 bits per heavy atom. The van der Waals surface area contributed by atoms with Crippen LogP contribution in [0.2, 0.25) is 5.02 Å². The number of aromatic hydroxyl groups is 1. The highest BCUT2D eigenvalue weighted by Crippen LogP contribution is 2.41. The molecule has 33 heavy (non-hydrogen) atoms. The van der Waals surface area contributed by atoms with Crippen molar-refractivity contribution in [3.63, 3.8) is 0 Å². The molecule has 0 bridgehead atoms. The average molecular weight is 542 g/mol. The number of amides is 1. The summed E-state index contributed by atoms with van der Waals surface area (Å²) in [6, 6.07) is 19.0. The van der Waals surface area contributed by atoms with Crippen LogP contribution in [0.25, 0.3) is 6.08 Å². The van der Waals surface area contributed by atoms with Crippen molar-refractivity contribution in [1.82, 2.24) is 0 Å². The lowest BCUT2D eigenvalue weighted by atomic mass is 10.1. The lowest BCUT2D eigenvalue weighted by Gasteiger charge is -2.19. The van der Waals surface area contributed by atoms with Crippen molar-refractivity contribution in [2.45, 2.75) is 26.7 Å². The van der Waals surface area contributed by atoms with Crippen LogP contribution < -0.4 is 4.90 Å². The summed E-state index contributed by atoms with van der Waals surface area (Å²) in [7, 11) is 0. The quantitative estimate of drug-likeness (QED) is 0.336. The maximum Gasteiger partial charge on any atom is 0.271 e. The number of aryl methyl sites for hydroxylation is 2. The van der Waals surface area contributed by atoms with Crippen molar-refractivity contribution in [3.8, 4) is 5.75 Å². The number of halogens is 2. The molecule has 1 amide bonds. The summed E-state index contributed by atoms with van der Waals surface area (Å²) < 4.78 is 0.469. The molecule has 3 aromatic rings. The van der Waals surface area contributed by atoms with Crippen LogP contribution in [0, 0.1) is 0 Å². The lowest BCUT2D eigenvalue weighted by Crippen LogP contribution is -2.29. The van der Waals surface area contributed by atoms with Crippen LogP contribution in [0.3, 0.4) is 0 Å². The number of hydrogen-bond acceptors (Lipinski definition) is 4. The molecule has 4 nitrogen and oxygen atoms in total. The summed E-state index contributed by atoms with van der Waals surface area (Å²) in [5, 5.41) is 11.5. The third-order valence-electron chi connectivity index (χ3n) is 5.35. The van der Waals surface area contributed by atoms with Gasteiger partial charge in [0.05, 0.1) is 20.8 Å². The maximum absolute atomic E-state index is 13.6. The summed E-state index contributed by atoms with van der Waals surface area (Å²) >= 11 is 10.8. The summed E-state index contributed by atoms with van der Waals surface area (Å²) in [6.07, 6.45) is 3.28. The average Bonchev–Trinajstić information content (AvgIpc) is 3.11. The number of nitrogens with zero attached hydrogens (tertiary/aromatic N) is 2. The molecule has 0 aromatic heterocycles. The van der Waals surface area contributed by atoms with E-state index in [1.165, 1.54) is 11.8 Å². The zero-order chi connectivity index (χ0) is 23.5. The van der Waals surface area contributed by atoms with Crippen LogP contribution in [0.15, 0.2) is 75.0 Å². The van der Waals surface area contributed by atoms with Gasteiger partial charge in [-0.3, -0.25) is 9.69 Å². The van der Waals surface area contributed by atoms with E-state index in [4.69, 9.17) is 16.6 Å². The van der Waals surface area contributed by atoms with E-state index < -0.39 is 0 Å². The zero-order valence-corrected chi connectivity index (χ0v) is 21.3. The number of phenolic OH excluding ortho intramolecular Hbond substituents is 1. The SMILES string of the molecule is CCc1ccccc1N=C1S/C(=C\c2cc(Cl)cc(Br)c2O)C(=O)N1c1ccccc1CC. The highest BCUT2D eigenvalue weighted by atomic mass is 79.9. The Balaban J connectivity index is 1.87. The van der Waals surface area contributed by atoms with E-state index in [9.17, 15) is 9.90 Å². The van der Waals surface area contributed by atoms with Gasteiger partial charge in [0.2, 0.25) is 0 Å². The van der Waals surface area contributed by atoms with Crippen molar-refractivity contribution in [2.24, 2.45) is 4.99 Å².